The third-order valence-electron chi connectivity index (χ3n) is 25.9. The first-order chi connectivity index (χ1) is 56.3. The van der Waals surface area contributed by atoms with Crippen LogP contribution in [0.1, 0.15) is 224 Å². The van der Waals surface area contributed by atoms with Crippen LogP contribution in [0.2, 0.25) is 0 Å². The molecule has 3 N–H and O–H groups in total. The second-order valence-corrected chi connectivity index (χ2v) is 32.9. The Morgan fingerprint density at radius 1 is 0.367 bits per heavy atom. The Morgan fingerprint density at radius 3 is 0.867 bits per heavy atom. The molecule has 23 heteroatoms. The van der Waals surface area contributed by atoms with Crippen LogP contribution < -0.4 is 18.9 Å². The molecule has 120 heavy (non-hydrogen) atoms. The summed E-state index contributed by atoms with van der Waals surface area (Å²) in [7, 11) is 1.43. The molecule has 22 nitrogen and oxygen atoms in total. The summed E-state index contributed by atoms with van der Waals surface area (Å²) >= 11 is 0. The molecule has 620 valence electrons. The SMILES string of the molecule is CCn1nnc2c(C)c([C@H](c3ccc4c(c3)CN(C(=O)c3cc(C)c(C)c(C)c3)CC4)C(C)C(=O)OC)ccc21.CCn1nnc2c(C)c([C@H](c3ccc4c(c3)CN(C(=O)c3cc(C)c(C)c(C)c3)CC4)[C@@H](C)C(=O)O)ccc21.CCn1nnc2c(C)c([C@H](c3ccc4c(c3)CN(C(=O)c3cc(C)c(C)c(C)c3)CC4)[C@H](C)C(=O)O)ccc21.[Li+].[OH-]. The van der Waals surface area contributed by atoms with Crippen LogP contribution in [0.3, 0.4) is 0 Å². The quantitative estimate of drug-likeness (QED) is 0.0596. The summed E-state index contributed by atoms with van der Waals surface area (Å²) in [5, 5.41) is 46.2. The number of esters is 1. The van der Waals surface area contributed by atoms with Gasteiger partial charge in [0.25, 0.3) is 17.7 Å². The maximum Gasteiger partial charge on any atom is 1.00 e. The monoisotopic (exact) mass is 1610 g/mol. The van der Waals surface area contributed by atoms with Gasteiger partial charge in [0.1, 0.15) is 16.6 Å². The molecule has 0 aliphatic carbocycles. The molecule has 3 aliphatic rings. The molecule has 0 saturated heterocycles. The van der Waals surface area contributed by atoms with Crippen molar-refractivity contribution in [2.75, 3.05) is 26.7 Å². The van der Waals surface area contributed by atoms with Crippen LogP contribution in [0.4, 0.5) is 0 Å². The van der Waals surface area contributed by atoms with E-state index in [1.165, 1.54) is 40.5 Å². The molecule has 6 atom stereocenters. The van der Waals surface area contributed by atoms with Gasteiger partial charge >= 0.3 is 36.8 Å². The minimum Gasteiger partial charge on any atom is -0.870 e. The van der Waals surface area contributed by atoms with Crippen molar-refractivity contribution in [2.24, 2.45) is 17.8 Å². The summed E-state index contributed by atoms with van der Waals surface area (Å²) in [4.78, 5) is 83.8. The average molecular weight is 1610 g/mol. The van der Waals surface area contributed by atoms with E-state index in [0.29, 0.717) is 52.4 Å². The summed E-state index contributed by atoms with van der Waals surface area (Å²) in [6, 6.07) is 43.1. The van der Waals surface area contributed by atoms with Crippen molar-refractivity contribution in [3.8, 4) is 0 Å². The third-order valence-corrected chi connectivity index (χ3v) is 25.9. The van der Waals surface area contributed by atoms with Gasteiger partial charge in [-0.3, -0.25) is 28.8 Å². The number of carbonyl (C=O) groups is 6. The van der Waals surface area contributed by atoms with Crippen LogP contribution in [0, 0.1) is 101 Å². The minimum atomic E-state index is -0.851. The number of hydrogen-bond donors (Lipinski definition) is 2. The Morgan fingerprint density at radius 2 is 0.625 bits per heavy atom. The molecule has 12 aromatic rings. The second kappa shape index (κ2) is 37.0. The number of benzene rings is 9. The summed E-state index contributed by atoms with van der Waals surface area (Å²) in [5.74, 6) is -4.52. The molecule has 0 spiro atoms. The molecular formula is C97H111LiN12O10. The number of carboxylic acid groups (broad SMARTS) is 2. The molecule has 0 saturated carbocycles. The van der Waals surface area contributed by atoms with Gasteiger partial charge in [0.05, 0.1) is 41.4 Å². The fourth-order valence-corrected chi connectivity index (χ4v) is 17.9. The van der Waals surface area contributed by atoms with Gasteiger partial charge in [0, 0.05) is 93.3 Å². The van der Waals surface area contributed by atoms with Crippen molar-refractivity contribution >= 4 is 68.7 Å². The van der Waals surface area contributed by atoms with Crippen LogP contribution in [0.5, 0.6) is 0 Å². The normalized spacial score (nSPS) is 14.5. The number of ether oxygens (including phenoxy) is 1. The number of nitrogens with zero attached hydrogens (tertiary/aromatic N) is 12. The average Bonchev–Trinajstić information content (AvgIpc) is 1.16. The van der Waals surface area contributed by atoms with Gasteiger partial charge in [-0.2, -0.15) is 0 Å². The molecule has 0 fully saturated rings. The van der Waals surface area contributed by atoms with Crippen molar-refractivity contribution in [3.63, 3.8) is 0 Å². The maximum atomic E-state index is 13.5. The second-order valence-electron chi connectivity index (χ2n) is 32.9. The first kappa shape index (κ1) is 89.3. The van der Waals surface area contributed by atoms with Crippen LogP contribution in [0.25, 0.3) is 33.1 Å². The largest absolute Gasteiger partial charge is 1.00 e. The number of aliphatic carboxylic acids is 2. The molecule has 1 unspecified atom stereocenters. The fraction of sp³-hybridized carbons (Fsp3) is 0.381. The van der Waals surface area contributed by atoms with Crippen LogP contribution in [0.15, 0.2) is 127 Å². The topological polar surface area (TPSA) is 284 Å². The number of carboxylic acids is 2. The van der Waals surface area contributed by atoms with E-state index in [0.717, 1.165) is 176 Å². The number of methoxy groups -OCH3 is 1. The number of amides is 3. The van der Waals surface area contributed by atoms with Crippen molar-refractivity contribution in [1.82, 2.24) is 59.7 Å². The number of aryl methyl sites for hydroxylation is 12. The van der Waals surface area contributed by atoms with E-state index in [9.17, 15) is 39.0 Å². The van der Waals surface area contributed by atoms with Crippen molar-refractivity contribution in [3.05, 3.63) is 278 Å². The summed E-state index contributed by atoms with van der Waals surface area (Å²) in [5.41, 5.74) is 33.5. The van der Waals surface area contributed by atoms with Crippen molar-refractivity contribution in [1.29, 1.82) is 0 Å². The molecule has 0 bridgehead atoms. The number of rotatable bonds is 18. The van der Waals surface area contributed by atoms with Gasteiger partial charge in [0.2, 0.25) is 0 Å². The van der Waals surface area contributed by atoms with Gasteiger partial charge in [-0.15, -0.1) is 15.3 Å². The Bertz CT molecular complexity index is 5670. The number of hydrogen-bond acceptors (Lipinski definition) is 14. The molecule has 0 radical (unpaired) electrons. The Labute approximate surface area is 715 Å². The minimum absolute atomic E-state index is 0. The van der Waals surface area contributed by atoms with Crippen LogP contribution >= 0.6 is 0 Å². The smallest absolute Gasteiger partial charge is 0.870 e. The zero-order chi connectivity index (χ0) is 84.7. The molecule has 3 aromatic heterocycles. The molecule has 6 heterocycles. The molecular weight excluding hydrogens is 1500 g/mol. The van der Waals surface area contributed by atoms with Crippen LogP contribution in [-0.4, -0.2) is 138 Å². The number of carbonyl (C=O) groups excluding carboxylic acids is 4. The van der Waals surface area contributed by atoms with E-state index in [2.05, 4.69) is 126 Å². The summed E-state index contributed by atoms with van der Waals surface area (Å²) < 4.78 is 10.8. The fourth-order valence-electron chi connectivity index (χ4n) is 17.9. The van der Waals surface area contributed by atoms with E-state index < -0.39 is 29.7 Å². The molecule has 9 aromatic carbocycles. The van der Waals surface area contributed by atoms with E-state index >= 15 is 0 Å². The van der Waals surface area contributed by atoms with E-state index in [1.807, 2.05) is 172 Å². The van der Waals surface area contributed by atoms with Gasteiger partial charge in [-0.1, -0.05) is 109 Å². The van der Waals surface area contributed by atoms with E-state index in [1.54, 1.807) is 13.8 Å². The molecule has 15 rings (SSSR count). The third kappa shape index (κ3) is 17.5. The van der Waals surface area contributed by atoms with Crippen LogP contribution in [-0.2, 0) is 77.7 Å². The first-order valence-corrected chi connectivity index (χ1v) is 41.3. The summed E-state index contributed by atoms with van der Waals surface area (Å²) in [6.45, 7) is 41.8. The predicted octanol–water partition coefficient (Wildman–Crippen LogP) is 14.1. The van der Waals surface area contributed by atoms with Crippen molar-refractivity contribution < 1.29 is 68.1 Å². The van der Waals surface area contributed by atoms with Crippen molar-refractivity contribution in [2.45, 2.75) is 201 Å². The standard InChI is InChI=1S/C33H38N4O3.2C32H36N4O3.Li.H2O/c1-8-37-29-12-11-28(22(5)31(29)34-35-37)30(23(6)33(39)40-7)25-10-9-24-13-14-36(18-27(24)17-25)32(38)26-15-19(2)21(4)20(3)16-26;2*1-7-36-28-11-10-27(21(5)30(28)33-34-36)29(22(6)32(38)39)24-9-8-23-12-13-35(17-26(23)16-24)31(37)25-14-18(2)20(4)19(3)15-25;;/h9-12,15-17,23,30H,8,13-14,18H2,1-7H3;2*8-11,14-16,22,29H,7,12-13,17H2,1-6H3,(H,38,39);;1H2/q;;;+1;/p-1/t23?,30-;22-,29+;22-,29-;;/m010../s1. The van der Waals surface area contributed by atoms with Gasteiger partial charge in [-0.05, 0) is 311 Å². The first-order valence-electron chi connectivity index (χ1n) is 41.3. The zero-order valence-electron chi connectivity index (χ0n) is 73.1. The number of aromatic nitrogens is 9. The Balaban J connectivity index is 0.000000175. The predicted molar refractivity (Wildman–Crippen MR) is 463 cm³/mol. The maximum absolute atomic E-state index is 13.5. The van der Waals surface area contributed by atoms with E-state index in [-0.39, 0.29) is 65.8 Å². The molecule has 3 amide bonds. The van der Waals surface area contributed by atoms with Gasteiger partial charge < -0.3 is 35.1 Å². The zero-order valence-corrected chi connectivity index (χ0v) is 73.1. The van der Waals surface area contributed by atoms with E-state index in [4.69, 9.17) is 4.74 Å². The van der Waals surface area contributed by atoms with Gasteiger partial charge in [-0.25, -0.2) is 14.0 Å². The molecule has 3 aliphatic heterocycles. The number of fused-ring (bicyclic) bond motifs is 6. The summed E-state index contributed by atoms with van der Waals surface area (Å²) in [6.07, 6.45) is 2.35. The Hall–Kier alpha value is -11.4. The Kier molecular flexibility index (Phi) is 27.6. The van der Waals surface area contributed by atoms with Gasteiger partial charge in [0.15, 0.2) is 0 Å².